The monoisotopic (exact) mass is 388 g/mol. The summed E-state index contributed by atoms with van der Waals surface area (Å²) < 4.78 is 0. The van der Waals surface area contributed by atoms with Crippen molar-refractivity contribution in [3.8, 4) is 0 Å². The van der Waals surface area contributed by atoms with E-state index in [9.17, 15) is 9.59 Å². The zero-order valence-electron chi connectivity index (χ0n) is 16.5. The summed E-state index contributed by atoms with van der Waals surface area (Å²) in [5.41, 5.74) is 3.06. The number of hydrogen-bond acceptors (Lipinski definition) is 4. The van der Waals surface area contributed by atoms with Crippen molar-refractivity contribution in [2.45, 2.75) is 6.04 Å². The lowest BCUT2D eigenvalue weighted by molar-refractivity contribution is -0.122. The number of pyridine rings is 1. The molecule has 0 spiro atoms. The lowest BCUT2D eigenvalue weighted by Crippen LogP contribution is -2.40. The molecule has 148 valence electrons. The van der Waals surface area contributed by atoms with Crippen molar-refractivity contribution in [2.24, 2.45) is 0 Å². The molecule has 0 radical (unpaired) electrons. The molecule has 0 atom stereocenters. The van der Waals surface area contributed by atoms with Gasteiger partial charge >= 0.3 is 0 Å². The fourth-order valence-corrected chi connectivity index (χ4v) is 3.01. The van der Waals surface area contributed by atoms with Crippen LogP contribution < -0.4 is 10.6 Å². The van der Waals surface area contributed by atoms with E-state index in [1.54, 1.807) is 32.4 Å². The molecule has 1 aromatic heterocycles. The summed E-state index contributed by atoms with van der Waals surface area (Å²) in [6, 6.07) is 22.6. The predicted octanol–water partition coefficient (Wildman–Crippen LogP) is 3.10. The number of anilines is 1. The maximum Gasteiger partial charge on any atom is 0.272 e. The van der Waals surface area contributed by atoms with Gasteiger partial charge in [0.25, 0.3) is 5.91 Å². The summed E-state index contributed by atoms with van der Waals surface area (Å²) in [4.78, 5) is 30.8. The Labute approximate surface area is 170 Å². The Morgan fingerprint density at radius 2 is 1.52 bits per heavy atom. The van der Waals surface area contributed by atoms with E-state index in [4.69, 9.17) is 0 Å². The Balaban J connectivity index is 1.70. The first-order chi connectivity index (χ1) is 14.1. The average molecular weight is 388 g/mol. The molecule has 2 N–H and O–H groups in total. The molecular weight excluding hydrogens is 364 g/mol. The first kappa shape index (κ1) is 20.1. The SMILES string of the molecule is CNc1ccc(C(=O)N(C)CC(=O)NC(c2ccccc2)c2ccccc2)nc1. The van der Waals surface area contributed by atoms with Gasteiger partial charge in [0.15, 0.2) is 0 Å². The third-order valence-electron chi connectivity index (χ3n) is 4.57. The maximum atomic E-state index is 12.7. The van der Waals surface area contributed by atoms with Gasteiger partial charge in [0.1, 0.15) is 5.69 Å². The minimum Gasteiger partial charge on any atom is -0.387 e. The van der Waals surface area contributed by atoms with Gasteiger partial charge in [-0.3, -0.25) is 9.59 Å². The van der Waals surface area contributed by atoms with E-state index < -0.39 is 0 Å². The summed E-state index contributed by atoms with van der Waals surface area (Å²) in [6.07, 6.45) is 1.59. The van der Waals surface area contributed by atoms with Crippen LogP contribution in [0.1, 0.15) is 27.7 Å². The van der Waals surface area contributed by atoms with Crippen LogP contribution in [0, 0.1) is 0 Å². The van der Waals surface area contributed by atoms with Gasteiger partial charge in [0, 0.05) is 14.1 Å². The normalized spacial score (nSPS) is 10.4. The molecule has 0 fully saturated rings. The molecule has 1 heterocycles. The number of benzene rings is 2. The summed E-state index contributed by atoms with van der Waals surface area (Å²) >= 11 is 0. The molecule has 0 aliphatic carbocycles. The topological polar surface area (TPSA) is 74.3 Å². The van der Waals surface area contributed by atoms with Crippen molar-refractivity contribution >= 4 is 17.5 Å². The molecular formula is C23H24N4O2. The van der Waals surface area contributed by atoms with Crippen molar-refractivity contribution in [3.05, 3.63) is 95.8 Å². The largest absolute Gasteiger partial charge is 0.387 e. The van der Waals surface area contributed by atoms with E-state index in [2.05, 4.69) is 15.6 Å². The second-order valence-electron chi connectivity index (χ2n) is 6.67. The van der Waals surface area contributed by atoms with Crippen molar-refractivity contribution in [2.75, 3.05) is 26.0 Å². The maximum absolute atomic E-state index is 12.7. The number of aromatic nitrogens is 1. The molecule has 3 rings (SSSR count). The van der Waals surface area contributed by atoms with E-state index in [1.807, 2.05) is 60.7 Å². The molecule has 0 bridgehead atoms. The van der Waals surface area contributed by atoms with Gasteiger partial charge < -0.3 is 15.5 Å². The minimum absolute atomic E-state index is 0.0650. The van der Waals surface area contributed by atoms with Crippen LogP contribution in [0.5, 0.6) is 0 Å². The van der Waals surface area contributed by atoms with Crippen LogP contribution >= 0.6 is 0 Å². The van der Waals surface area contributed by atoms with Crippen LogP contribution in [0.3, 0.4) is 0 Å². The van der Waals surface area contributed by atoms with E-state index in [1.165, 1.54) is 4.90 Å². The molecule has 29 heavy (non-hydrogen) atoms. The summed E-state index contributed by atoms with van der Waals surface area (Å²) in [6.45, 7) is -0.0650. The summed E-state index contributed by atoms with van der Waals surface area (Å²) in [5, 5.41) is 6.00. The Bertz CT molecular complexity index is 904. The van der Waals surface area contributed by atoms with Crippen LogP contribution in [0.4, 0.5) is 5.69 Å². The Morgan fingerprint density at radius 3 is 2.00 bits per heavy atom. The molecule has 6 nitrogen and oxygen atoms in total. The second-order valence-corrected chi connectivity index (χ2v) is 6.67. The van der Waals surface area contributed by atoms with Crippen LogP contribution in [0.2, 0.25) is 0 Å². The first-order valence-electron chi connectivity index (χ1n) is 9.37. The van der Waals surface area contributed by atoms with Gasteiger partial charge in [-0.15, -0.1) is 0 Å². The Hall–Kier alpha value is -3.67. The van der Waals surface area contributed by atoms with Gasteiger partial charge in [-0.2, -0.15) is 0 Å². The average Bonchev–Trinajstić information content (AvgIpc) is 2.78. The Morgan fingerprint density at radius 1 is 0.931 bits per heavy atom. The predicted molar refractivity (Wildman–Crippen MR) is 114 cm³/mol. The summed E-state index contributed by atoms with van der Waals surface area (Å²) in [5.74, 6) is -0.552. The highest BCUT2D eigenvalue weighted by Crippen LogP contribution is 2.21. The number of likely N-dealkylation sites (N-methyl/N-ethyl adjacent to an activating group) is 1. The van der Waals surface area contributed by atoms with Crippen molar-refractivity contribution in [3.63, 3.8) is 0 Å². The quantitative estimate of drug-likeness (QED) is 0.652. The first-order valence-corrected chi connectivity index (χ1v) is 9.37. The Kier molecular flexibility index (Phi) is 6.58. The van der Waals surface area contributed by atoms with Gasteiger partial charge in [-0.1, -0.05) is 60.7 Å². The molecule has 0 aliphatic heterocycles. The van der Waals surface area contributed by atoms with E-state index >= 15 is 0 Å². The molecule has 3 aromatic rings. The van der Waals surface area contributed by atoms with Crippen LogP contribution in [0.15, 0.2) is 79.0 Å². The number of carbonyl (C=O) groups excluding carboxylic acids is 2. The van der Waals surface area contributed by atoms with Crippen molar-refractivity contribution in [1.82, 2.24) is 15.2 Å². The molecule has 0 saturated carbocycles. The van der Waals surface area contributed by atoms with Gasteiger partial charge in [0.2, 0.25) is 5.91 Å². The smallest absolute Gasteiger partial charge is 0.272 e. The summed E-state index contributed by atoms with van der Waals surface area (Å²) in [7, 11) is 3.38. The van der Waals surface area contributed by atoms with Crippen molar-refractivity contribution < 1.29 is 9.59 Å². The third-order valence-corrected chi connectivity index (χ3v) is 4.57. The molecule has 2 aromatic carbocycles. The zero-order valence-corrected chi connectivity index (χ0v) is 16.5. The highest BCUT2D eigenvalue weighted by molar-refractivity contribution is 5.95. The number of rotatable bonds is 7. The fourth-order valence-electron chi connectivity index (χ4n) is 3.01. The number of amides is 2. The molecule has 0 aliphatic rings. The van der Waals surface area contributed by atoms with Gasteiger partial charge in [0.05, 0.1) is 24.5 Å². The van der Waals surface area contributed by atoms with Gasteiger partial charge in [-0.05, 0) is 23.3 Å². The third kappa shape index (κ3) is 5.19. The van der Waals surface area contributed by atoms with Crippen LogP contribution in [-0.2, 0) is 4.79 Å². The molecule has 0 unspecified atom stereocenters. The highest BCUT2D eigenvalue weighted by Gasteiger charge is 2.20. The zero-order chi connectivity index (χ0) is 20.6. The number of hydrogen-bond donors (Lipinski definition) is 2. The standard InChI is InChI=1S/C23H24N4O2/c1-24-19-13-14-20(25-15-19)23(29)27(2)16-21(28)26-22(17-9-5-3-6-10-17)18-11-7-4-8-12-18/h3-15,22,24H,16H2,1-2H3,(H,26,28). The van der Waals surface area contributed by atoms with E-state index in [0.29, 0.717) is 5.69 Å². The van der Waals surface area contributed by atoms with Crippen molar-refractivity contribution in [1.29, 1.82) is 0 Å². The second kappa shape index (κ2) is 9.50. The number of nitrogens with one attached hydrogen (secondary N) is 2. The number of carbonyl (C=O) groups is 2. The van der Waals surface area contributed by atoms with Crippen LogP contribution in [-0.4, -0.2) is 42.3 Å². The lowest BCUT2D eigenvalue weighted by atomic mass is 9.99. The van der Waals surface area contributed by atoms with E-state index in [0.717, 1.165) is 16.8 Å². The lowest BCUT2D eigenvalue weighted by Gasteiger charge is -2.22. The van der Waals surface area contributed by atoms with E-state index in [-0.39, 0.29) is 24.4 Å². The molecule has 6 heteroatoms. The fraction of sp³-hybridized carbons (Fsp3) is 0.174. The minimum atomic E-state index is -0.307. The van der Waals surface area contributed by atoms with Gasteiger partial charge in [-0.25, -0.2) is 4.98 Å². The molecule has 0 saturated heterocycles. The van der Waals surface area contributed by atoms with Crippen LogP contribution in [0.25, 0.3) is 0 Å². The highest BCUT2D eigenvalue weighted by atomic mass is 16.2. The molecule has 2 amide bonds. The number of nitrogens with zero attached hydrogens (tertiary/aromatic N) is 2.